The zero-order valence-corrected chi connectivity index (χ0v) is 12.4. The van der Waals surface area contributed by atoms with Gasteiger partial charge in [0.05, 0.1) is 11.9 Å². The van der Waals surface area contributed by atoms with Gasteiger partial charge in [0, 0.05) is 30.6 Å². The molecule has 6 nitrogen and oxygen atoms in total. The van der Waals surface area contributed by atoms with Crippen LogP contribution in [0.1, 0.15) is 32.0 Å². The fraction of sp³-hybridized carbons (Fsp3) is 0.333. The third kappa shape index (κ3) is 2.99. The average molecular weight is 286 g/mol. The van der Waals surface area contributed by atoms with Crippen LogP contribution in [0.2, 0.25) is 0 Å². The summed E-state index contributed by atoms with van der Waals surface area (Å²) in [5.74, 6) is -0.274. The Labute approximate surface area is 122 Å². The fourth-order valence-corrected chi connectivity index (χ4v) is 2.37. The Morgan fingerprint density at radius 3 is 2.57 bits per heavy atom. The Bertz CT molecular complexity index is 708. The minimum atomic E-state index is -0.286. The second-order valence-corrected chi connectivity index (χ2v) is 4.64. The van der Waals surface area contributed by atoms with Crippen LogP contribution in [0.3, 0.4) is 0 Å². The number of rotatable bonds is 4. The molecule has 2 aromatic heterocycles. The first kappa shape index (κ1) is 14.9. The molecule has 0 saturated carbocycles. The van der Waals surface area contributed by atoms with Gasteiger partial charge in [-0.1, -0.05) is 13.8 Å². The Kier molecular flexibility index (Phi) is 4.47. The number of carbonyl (C=O) groups is 1. The van der Waals surface area contributed by atoms with Gasteiger partial charge >= 0.3 is 0 Å². The van der Waals surface area contributed by atoms with Crippen LogP contribution in [0, 0.1) is 0 Å². The predicted octanol–water partition coefficient (Wildman–Crippen LogP) is 1.92. The molecule has 0 radical (unpaired) electrons. The lowest BCUT2D eigenvalue weighted by atomic mass is 9.98. The molecule has 0 aliphatic heterocycles. The van der Waals surface area contributed by atoms with Crippen LogP contribution in [0.15, 0.2) is 23.4 Å². The Hall–Kier alpha value is -2.50. The van der Waals surface area contributed by atoms with Crippen molar-refractivity contribution < 1.29 is 4.79 Å². The number of carbonyl (C=O) groups excluding carboxylic acids is 1. The van der Waals surface area contributed by atoms with E-state index in [1.165, 1.54) is 6.92 Å². The summed E-state index contributed by atoms with van der Waals surface area (Å²) in [6.45, 7) is 5.29. The van der Waals surface area contributed by atoms with Gasteiger partial charge in [-0.2, -0.15) is 0 Å². The SMILES string of the molecule is CCc1[nH]c(=O)c(NC(C)=O)c(CC)c1-c1cnccn1. The van der Waals surface area contributed by atoms with Crippen LogP contribution < -0.4 is 10.9 Å². The van der Waals surface area contributed by atoms with Crippen LogP contribution in [0.25, 0.3) is 11.3 Å². The molecule has 21 heavy (non-hydrogen) atoms. The van der Waals surface area contributed by atoms with Gasteiger partial charge in [0.15, 0.2) is 0 Å². The van der Waals surface area contributed by atoms with Gasteiger partial charge in [0.25, 0.3) is 5.56 Å². The van der Waals surface area contributed by atoms with E-state index in [0.717, 1.165) is 16.8 Å². The smallest absolute Gasteiger partial charge is 0.272 e. The highest BCUT2D eigenvalue weighted by atomic mass is 16.2. The van der Waals surface area contributed by atoms with E-state index in [1.54, 1.807) is 18.6 Å². The monoisotopic (exact) mass is 286 g/mol. The van der Waals surface area contributed by atoms with E-state index in [0.29, 0.717) is 24.2 Å². The molecule has 2 aromatic rings. The second-order valence-electron chi connectivity index (χ2n) is 4.64. The topological polar surface area (TPSA) is 87.7 Å². The maximum Gasteiger partial charge on any atom is 0.272 e. The summed E-state index contributed by atoms with van der Waals surface area (Å²) in [5.41, 5.74) is 3.12. The van der Waals surface area contributed by atoms with E-state index in [9.17, 15) is 9.59 Å². The lowest BCUT2D eigenvalue weighted by Crippen LogP contribution is -2.22. The molecule has 0 spiro atoms. The van der Waals surface area contributed by atoms with Crippen molar-refractivity contribution in [2.75, 3.05) is 5.32 Å². The maximum absolute atomic E-state index is 12.2. The van der Waals surface area contributed by atoms with E-state index in [4.69, 9.17) is 0 Å². The van der Waals surface area contributed by atoms with Crippen molar-refractivity contribution in [3.63, 3.8) is 0 Å². The predicted molar refractivity (Wildman–Crippen MR) is 81.1 cm³/mol. The fourth-order valence-electron chi connectivity index (χ4n) is 2.37. The number of nitrogens with zero attached hydrogens (tertiary/aromatic N) is 2. The lowest BCUT2D eigenvalue weighted by molar-refractivity contribution is -0.114. The van der Waals surface area contributed by atoms with Crippen LogP contribution in [0.5, 0.6) is 0 Å². The van der Waals surface area contributed by atoms with Crippen molar-refractivity contribution in [2.24, 2.45) is 0 Å². The van der Waals surface area contributed by atoms with Gasteiger partial charge < -0.3 is 10.3 Å². The van der Waals surface area contributed by atoms with Crippen LogP contribution >= 0.6 is 0 Å². The highest BCUT2D eigenvalue weighted by Crippen LogP contribution is 2.28. The molecule has 0 unspecified atom stereocenters. The summed E-state index contributed by atoms with van der Waals surface area (Å²) in [6, 6.07) is 0. The first-order valence-electron chi connectivity index (χ1n) is 6.90. The molecule has 0 aromatic carbocycles. The molecule has 110 valence electrons. The Balaban J connectivity index is 2.77. The van der Waals surface area contributed by atoms with E-state index in [2.05, 4.69) is 20.3 Å². The minimum Gasteiger partial charge on any atom is -0.324 e. The van der Waals surface area contributed by atoms with Gasteiger partial charge in [0.1, 0.15) is 5.69 Å². The normalized spacial score (nSPS) is 10.4. The molecular formula is C15H18N4O2. The van der Waals surface area contributed by atoms with E-state index < -0.39 is 0 Å². The zero-order chi connectivity index (χ0) is 15.4. The quantitative estimate of drug-likeness (QED) is 0.898. The van der Waals surface area contributed by atoms with Crippen molar-refractivity contribution >= 4 is 11.6 Å². The molecule has 1 amide bonds. The van der Waals surface area contributed by atoms with E-state index >= 15 is 0 Å². The van der Waals surface area contributed by atoms with Crippen LogP contribution in [-0.2, 0) is 17.6 Å². The van der Waals surface area contributed by atoms with Crippen molar-refractivity contribution in [2.45, 2.75) is 33.6 Å². The van der Waals surface area contributed by atoms with E-state index in [-0.39, 0.29) is 11.5 Å². The third-order valence-corrected chi connectivity index (χ3v) is 3.22. The number of amides is 1. The summed E-state index contributed by atoms with van der Waals surface area (Å²) in [4.78, 5) is 34.8. The molecule has 0 saturated heterocycles. The number of hydrogen-bond acceptors (Lipinski definition) is 4. The molecule has 0 bridgehead atoms. The van der Waals surface area contributed by atoms with Crippen LogP contribution in [0.4, 0.5) is 5.69 Å². The van der Waals surface area contributed by atoms with Crippen LogP contribution in [-0.4, -0.2) is 20.9 Å². The molecular weight excluding hydrogens is 268 g/mol. The Morgan fingerprint density at radius 2 is 2.05 bits per heavy atom. The lowest BCUT2D eigenvalue weighted by Gasteiger charge is -2.16. The Morgan fingerprint density at radius 1 is 1.29 bits per heavy atom. The highest BCUT2D eigenvalue weighted by molar-refractivity contribution is 5.91. The van der Waals surface area contributed by atoms with Gasteiger partial charge in [-0.3, -0.25) is 19.6 Å². The minimum absolute atomic E-state index is 0.274. The molecule has 0 aliphatic rings. The molecule has 2 heterocycles. The van der Waals surface area contributed by atoms with Crippen molar-refractivity contribution in [3.8, 4) is 11.3 Å². The number of aromatic nitrogens is 3. The number of H-pyrrole nitrogens is 1. The second kappa shape index (κ2) is 6.30. The number of aromatic amines is 1. The molecule has 0 aliphatic carbocycles. The number of nitrogens with one attached hydrogen (secondary N) is 2. The number of pyridine rings is 1. The third-order valence-electron chi connectivity index (χ3n) is 3.22. The maximum atomic E-state index is 12.2. The van der Waals surface area contributed by atoms with Crippen molar-refractivity contribution in [1.82, 2.24) is 15.0 Å². The number of aryl methyl sites for hydroxylation is 1. The molecule has 2 rings (SSSR count). The summed E-state index contributed by atoms with van der Waals surface area (Å²) >= 11 is 0. The van der Waals surface area contributed by atoms with Gasteiger partial charge in [-0.15, -0.1) is 0 Å². The van der Waals surface area contributed by atoms with Gasteiger partial charge in [0.2, 0.25) is 5.91 Å². The molecule has 0 atom stereocenters. The summed E-state index contributed by atoms with van der Waals surface area (Å²) in [6.07, 6.45) is 6.13. The molecule has 6 heteroatoms. The van der Waals surface area contributed by atoms with E-state index in [1.807, 2.05) is 13.8 Å². The van der Waals surface area contributed by atoms with Gasteiger partial charge in [-0.25, -0.2) is 0 Å². The first-order chi connectivity index (χ1) is 10.1. The first-order valence-corrected chi connectivity index (χ1v) is 6.90. The molecule has 2 N–H and O–H groups in total. The van der Waals surface area contributed by atoms with Gasteiger partial charge in [-0.05, 0) is 18.4 Å². The highest BCUT2D eigenvalue weighted by Gasteiger charge is 2.18. The standard InChI is InChI=1S/C15H18N4O2/c1-4-10-13(12-8-16-6-7-17-12)11(5-2)19-15(21)14(10)18-9(3)20/h6-8H,4-5H2,1-3H3,(H,18,20)(H,19,21). The summed E-state index contributed by atoms with van der Waals surface area (Å²) < 4.78 is 0. The van der Waals surface area contributed by atoms with Crippen molar-refractivity contribution in [3.05, 3.63) is 40.2 Å². The molecule has 0 fully saturated rings. The average Bonchev–Trinajstić information content (AvgIpc) is 2.49. The summed E-state index contributed by atoms with van der Waals surface area (Å²) in [5, 5.41) is 2.62. The largest absolute Gasteiger partial charge is 0.324 e. The number of hydrogen-bond donors (Lipinski definition) is 2. The van der Waals surface area contributed by atoms with Crippen molar-refractivity contribution in [1.29, 1.82) is 0 Å². The number of anilines is 1. The zero-order valence-electron chi connectivity index (χ0n) is 12.4. The summed E-state index contributed by atoms with van der Waals surface area (Å²) in [7, 11) is 0.